The minimum atomic E-state index is -1.00. The number of alkyl carbamates (subject to hydrolysis) is 1. The molecule has 0 aliphatic heterocycles. The second-order valence-electron chi connectivity index (χ2n) is 16.7. The Morgan fingerprint density at radius 3 is 1.58 bits per heavy atom. The van der Waals surface area contributed by atoms with Crippen LogP contribution in [-0.4, -0.2) is 82.4 Å². The number of aromatic nitrogens is 2. The molecule has 6 N–H and O–H groups in total. The number of ether oxygens (including phenoxy) is 3. The maximum Gasteiger partial charge on any atom is 0.407 e. The number of carbonyl (C=O) groups excluding carboxylic acids is 3. The molecule has 0 aliphatic carbocycles. The Balaban J connectivity index is 0.000000247. The number of benzene rings is 4. The van der Waals surface area contributed by atoms with E-state index in [0.29, 0.717) is 91.9 Å². The normalized spacial score (nSPS) is 11.2. The van der Waals surface area contributed by atoms with Gasteiger partial charge in [0.05, 0.1) is 25.6 Å². The van der Waals surface area contributed by atoms with Gasteiger partial charge in [-0.1, -0.05) is 23.2 Å². The first-order valence-electron chi connectivity index (χ1n) is 20.8. The summed E-state index contributed by atoms with van der Waals surface area (Å²) >= 11 is 12.0. The van der Waals surface area contributed by atoms with Crippen molar-refractivity contribution in [2.24, 2.45) is 0 Å². The van der Waals surface area contributed by atoms with Crippen LogP contribution in [0.3, 0.4) is 0 Å². The molecule has 66 heavy (non-hydrogen) atoms. The minimum absolute atomic E-state index is 0.181. The van der Waals surface area contributed by atoms with Gasteiger partial charge in [0.15, 0.2) is 11.2 Å². The van der Waals surface area contributed by atoms with Crippen molar-refractivity contribution in [1.82, 2.24) is 20.2 Å². The number of anilines is 6. The molecule has 0 radical (unpaired) electrons. The van der Waals surface area contributed by atoms with Gasteiger partial charge in [0.1, 0.15) is 28.1 Å². The molecule has 20 heteroatoms. The number of amides is 4. The van der Waals surface area contributed by atoms with Crippen molar-refractivity contribution >= 4 is 104 Å². The fourth-order valence-corrected chi connectivity index (χ4v) is 6.53. The highest BCUT2D eigenvalue weighted by Crippen LogP contribution is 2.34. The van der Waals surface area contributed by atoms with Gasteiger partial charge < -0.3 is 59.6 Å². The monoisotopic (exact) mass is 948 g/mol. The highest BCUT2D eigenvalue weighted by molar-refractivity contribution is 6.31. The zero-order valence-corrected chi connectivity index (χ0v) is 39.4. The fraction of sp³-hybridized carbons (Fsp3) is 0.348. The number of rotatable bonds is 16. The van der Waals surface area contributed by atoms with Crippen LogP contribution in [0.5, 0.6) is 11.5 Å². The van der Waals surface area contributed by atoms with Crippen molar-refractivity contribution in [2.45, 2.75) is 78.4 Å². The molecule has 4 amide bonds. The number of fused-ring (bicyclic) bond motifs is 2. The molecular formula is C46H54Cl2N8O10. The lowest BCUT2D eigenvalue weighted by Gasteiger charge is -2.33. The molecule has 6 rings (SSSR count). The SMILES string of the molecule is COc1cc(NC(=O)CCCN(C(=O)O)C(C)(C)C)ccc1Nc1nc2cc(Cl)ccc2o1.COc1cc(NC(=O)CCCNC(=O)OC(C)(C)C)ccc1Nc1nc2cc(Cl)ccc2o1. The maximum absolute atomic E-state index is 12.3. The molecule has 6 aromatic rings. The molecule has 2 heterocycles. The van der Waals surface area contributed by atoms with E-state index < -0.39 is 23.3 Å². The van der Waals surface area contributed by atoms with E-state index in [-0.39, 0.29) is 37.2 Å². The van der Waals surface area contributed by atoms with Gasteiger partial charge in [0.25, 0.3) is 12.0 Å². The number of halogens is 2. The molecule has 0 aliphatic rings. The third-order valence-electron chi connectivity index (χ3n) is 9.23. The topological polar surface area (TPSA) is 232 Å². The van der Waals surface area contributed by atoms with E-state index in [4.69, 9.17) is 46.2 Å². The van der Waals surface area contributed by atoms with Gasteiger partial charge in [-0.05, 0) is 115 Å². The zero-order chi connectivity index (χ0) is 48.2. The number of carbonyl (C=O) groups is 4. The summed E-state index contributed by atoms with van der Waals surface area (Å²) in [5.74, 6) is 0.588. The van der Waals surface area contributed by atoms with Crippen LogP contribution in [0.25, 0.3) is 22.2 Å². The third kappa shape index (κ3) is 15.1. The molecule has 0 bridgehead atoms. The van der Waals surface area contributed by atoms with E-state index in [1.165, 1.54) is 19.1 Å². The largest absolute Gasteiger partial charge is 0.494 e. The first kappa shape index (κ1) is 50.1. The quantitative estimate of drug-likeness (QED) is 0.0496. The van der Waals surface area contributed by atoms with E-state index in [2.05, 4.69) is 36.6 Å². The molecule has 0 saturated carbocycles. The van der Waals surface area contributed by atoms with E-state index in [0.717, 1.165) is 0 Å². The molecule has 0 spiro atoms. The van der Waals surface area contributed by atoms with Gasteiger partial charge in [-0.15, -0.1) is 0 Å². The Morgan fingerprint density at radius 1 is 0.682 bits per heavy atom. The highest BCUT2D eigenvalue weighted by atomic mass is 35.5. The first-order chi connectivity index (χ1) is 31.2. The molecule has 0 atom stereocenters. The molecule has 352 valence electrons. The second-order valence-corrected chi connectivity index (χ2v) is 17.6. The van der Waals surface area contributed by atoms with Crippen molar-refractivity contribution in [2.75, 3.05) is 48.6 Å². The van der Waals surface area contributed by atoms with Crippen molar-refractivity contribution in [3.63, 3.8) is 0 Å². The van der Waals surface area contributed by atoms with E-state index in [9.17, 15) is 24.3 Å². The highest BCUT2D eigenvalue weighted by Gasteiger charge is 2.26. The van der Waals surface area contributed by atoms with Crippen LogP contribution < -0.4 is 36.1 Å². The third-order valence-corrected chi connectivity index (χ3v) is 9.70. The lowest BCUT2D eigenvalue weighted by atomic mass is 10.1. The summed E-state index contributed by atoms with van der Waals surface area (Å²) in [5.41, 5.74) is 3.72. The number of carboxylic acid groups (broad SMARTS) is 1. The van der Waals surface area contributed by atoms with Crippen molar-refractivity contribution in [3.05, 3.63) is 82.8 Å². The summed E-state index contributed by atoms with van der Waals surface area (Å²) in [6.07, 6.45) is -0.190. The Bertz CT molecular complexity index is 2650. The Morgan fingerprint density at radius 2 is 1.15 bits per heavy atom. The lowest BCUT2D eigenvalue weighted by Crippen LogP contribution is -2.45. The summed E-state index contributed by atoms with van der Waals surface area (Å²) in [4.78, 5) is 57.7. The van der Waals surface area contributed by atoms with Crippen LogP contribution in [0.4, 0.5) is 44.4 Å². The summed E-state index contributed by atoms with van der Waals surface area (Å²) in [6.45, 7) is 11.4. The number of oxazole rings is 2. The van der Waals surface area contributed by atoms with Gasteiger partial charge >= 0.3 is 12.2 Å². The molecule has 18 nitrogen and oxygen atoms in total. The average molecular weight is 950 g/mol. The van der Waals surface area contributed by atoms with Crippen LogP contribution in [-0.2, 0) is 14.3 Å². The maximum atomic E-state index is 12.3. The predicted octanol–water partition coefficient (Wildman–Crippen LogP) is 11.2. The average Bonchev–Trinajstić information content (AvgIpc) is 3.83. The summed E-state index contributed by atoms with van der Waals surface area (Å²) in [6, 6.07) is 21.2. The molecule has 4 aromatic carbocycles. The Hall–Kier alpha value is -6.92. The van der Waals surface area contributed by atoms with Gasteiger partial charge in [0, 0.05) is 65.0 Å². The number of hydrogen-bond acceptors (Lipinski definition) is 13. The van der Waals surface area contributed by atoms with Crippen LogP contribution in [0, 0.1) is 0 Å². The Labute approximate surface area is 391 Å². The van der Waals surface area contributed by atoms with Crippen LogP contribution in [0.15, 0.2) is 81.6 Å². The van der Waals surface area contributed by atoms with Gasteiger partial charge in [0.2, 0.25) is 11.8 Å². The molecule has 0 unspecified atom stereocenters. The summed E-state index contributed by atoms with van der Waals surface area (Å²) in [5, 5.41) is 24.9. The second kappa shape index (κ2) is 22.3. The number of hydrogen-bond donors (Lipinski definition) is 6. The van der Waals surface area contributed by atoms with Crippen molar-refractivity contribution < 1.29 is 47.3 Å². The summed E-state index contributed by atoms with van der Waals surface area (Å²) < 4.78 is 27.4. The fourth-order valence-electron chi connectivity index (χ4n) is 6.20. The zero-order valence-electron chi connectivity index (χ0n) is 37.9. The van der Waals surface area contributed by atoms with Crippen LogP contribution in [0.1, 0.15) is 67.2 Å². The predicted molar refractivity (Wildman–Crippen MR) is 255 cm³/mol. The lowest BCUT2D eigenvalue weighted by molar-refractivity contribution is -0.117. The van der Waals surface area contributed by atoms with Crippen LogP contribution in [0.2, 0.25) is 10.0 Å². The van der Waals surface area contributed by atoms with Crippen molar-refractivity contribution in [1.29, 1.82) is 0 Å². The summed E-state index contributed by atoms with van der Waals surface area (Å²) in [7, 11) is 3.05. The standard InChI is InChI=1S/2C23H27ClN4O5/c1-23(2,3)28(22(30)31)11-5-6-20(29)25-15-8-9-16(19(13-15)32-4)26-21-27-17-12-14(24)7-10-18(17)33-21;1-23(2,3)33-22(30)25-11-5-6-20(29)26-15-8-9-16(19(13-15)31-4)27-21-28-17-12-14(24)7-10-18(17)32-21/h7-10,12-13H,5-6,11H2,1-4H3,(H,25,29)(H,26,27)(H,30,31);7-10,12-13H,5-6,11H2,1-4H3,(H,25,30)(H,26,29)(H,27,28). The van der Waals surface area contributed by atoms with E-state index in [1.807, 2.05) is 20.8 Å². The van der Waals surface area contributed by atoms with E-state index >= 15 is 0 Å². The van der Waals surface area contributed by atoms with Gasteiger partial charge in [-0.25, -0.2) is 9.59 Å². The van der Waals surface area contributed by atoms with Gasteiger partial charge in [-0.3, -0.25) is 9.59 Å². The number of nitrogens with zero attached hydrogens (tertiary/aromatic N) is 3. The molecule has 2 aromatic heterocycles. The van der Waals surface area contributed by atoms with Crippen LogP contribution >= 0.6 is 23.2 Å². The number of nitrogens with one attached hydrogen (secondary N) is 5. The number of methoxy groups -OCH3 is 2. The first-order valence-corrected chi connectivity index (χ1v) is 21.5. The Kier molecular flexibility index (Phi) is 16.9. The van der Waals surface area contributed by atoms with Gasteiger partial charge in [-0.2, -0.15) is 9.97 Å². The molecular weight excluding hydrogens is 895 g/mol. The van der Waals surface area contributed by atoms with E-state index in [1.54, 1.807) is 93.6 Å². The van der Waals surface area contributed by atoms with Crippen molar-refractivity contribution in [3.8, 4) is 11.5 Å². The molecule has 0 saturated heterocycles. The minimum Gasteiger partial charge on any atom is -0.494 e. The smallest absolute Gasteiger partial charge is 0.407 e. The molecule has 0 fully saturated rings.